The molecule has 3 N–H and O–H groups in total. The average Bonchev–Trinajstić information content (AvgIpc) is 2.91. The average molecular weight is 329 g/mol. The van der Waals surface area contributed by atoms with Gasteiger partial charge < -0.3 is 15.2 Å². The van der Waals surface area contributed by atoms with E-state index in [9.17, 15) is 14.4 Å². The van der Waals surface area contributed by atoms with Gasteiger partial charge in [0.2, 0.25) is 0 Å². The lowest BCUT2D eigenvalue weighted by Crippen LogP contribution is -2.31. The number of hydrogen-bond acceptors (Lipinski definition) is 6. The van der Waals surface area contributed by atoms with E-state index in [2.05, 4.69) is 15.6 Å². The van der Waals surface area contributed by atoms with Gasteiger partial charge in [-0.2, -0.15) is 0 Å². The van der Waals surface area contributed by atoms with Gasteiger partial charge in [-0.15, -0.1) is 11.3 Å². The summed E-state index contributed by atoms with van der Waals surface area (Å²) in [4.78, 5) is 37.8. The highest BCUT2D eigenvalue weighted by molar-refractivity contribution is 7.14. The number of ether oxygens (including phenoxy) is 1. The summed E-state index contributed by atoms with van der Waals surface area (Å²) in [5, 5.41) is 15.6. The summed E-state index contributed by atoms with van der Waals surface area (Å²) in [5.74, 6) is -1.32. The molecule has 1 aromatic rings. The predicted octanol–water partition coefficient (Wildman–Crippen LogP) is 1.58. The van der Waals surface area contributed by atoms with Gasteiger partial charge in [0, 0.05) is 18.3 Å². The van der Waals surface area contributed by atoms with Gasteiger partial charge in [0.05, 0.1) is 12.8 Å². The number of urea groups is 1. The molecule has 0 bridgehead atoms. The Morgan fingerprint density at radius 1 is 1.41 bits per heavy atom. The Labute approximate surface area is 131 Å². The van der Waals surface area contributed by atoms with Crippen molar-refractivity contribution in [1.29, 1.82) is 0 Å². The fraction of sp³-hybridized carbons (Fsp3) is 0.538. The molecule has 0 aliphatic heterocycles. The molecule has 0 unspecified atom stereocenters. The molecule has 1 rings (SSSR count). The summed E-state index contributed by atoms with van der Waals surface area (Å²) < 4.78 is 4.72. The zero-order valence-corrected chi connectivity index (χ0v) is 13.5. The molecule has 0 radical (unpaired) electrons. The number of thiazole rings is 1. The quantitative estimate of drug-likeness (QED) is 0.516. The first-order chi connectivity index (χ1) is 10.3. The Balaban J connectivity index is 2.53. The number of hydrogen-bond donors (Lipinski definition) is 3. The molecule has 1 heterocycles. The van der Waals surface area contributed by atoms with Crippen molar-refractivity contribution in [1.82, 2.24) is 10.3 Å². The molecule has 0 aliphatic carbocycles. The monoisotopic (exact) mass is 329 g/mol. The van der Waals surface area contributed by atoms with Gasteiger partial charge in [0.1, 0.15) is 5.41 Å². The summed E-state index contributed by atoms with van der Waals surface area (Å²) in [5.41, 5.74) is -0.395. The Kier molecular flexibility index (Phi) is 6.29. The molecule has 0 spiro atoms. The molecule has 2 amide bonds. The molecule has 22 heavy (non-hydrogen) atoms. The van der Waals surface area contributed by atoms with Gasteiger partial charge in [-0.1, -0.05) is 0 Å². The lowest BCUT2D eigenvalue weighted by molar-refractivity contribution is -0.146. The molecular formula is C13H19N3O5S. The molecule has 1 aromatic heterocycles. The van der Waals surface area contributed by atoms with Crippen molar-refractivity contribution in [3.05, 3.63) is 11.1 Å². The predicted molar refractivity (Wildman–Crippen MR) is 81.0 cm³/mol. The number of carboxylic acids is 1. The third kappa shape index (κ3) is 4.99. The van der Waals surface area contributed by atoms with Crippen molar-refractivity contribution in [3.63, 3.8) is 0 Å². The van der Waals surface area contributed by atoms with Crippen molar-refractivity contribution in [3.8, 4) is 0 Å². The van der Waals surface area contributed by atoms with Crippen LogP contribution >= 0.6 is 11.3 Å². The van der Waals surface area contributed by atoms with E-state index in [1.54, 1.807) is 19.2 Å². The third-order valence-electron chi connectivity index (χ3n) is 2.91. The van der Waals surface area contributed by atoms with Crippen molar-refractivity contribution in [2.45, 2.75) is 32.1 Å². The zero-order valence-electron chi connectivity index (χ0n) is 12.6. The molecule has 0 atom stereocenters. The number of rotatable bonds is 7. The number of anilines is 1. The van der Waals surface area contributed by atoms with Gasteiger partial charge in [0.15, 0.2) is 5.13 Å². The van der Waals surface area contributed by atoms with Crippen LogP contribution in [0.4, 0.5) is 9.93 Å². The van der Waals surface area contributed by atoms with E-state index in [0.29, 0.717) is 17.2 Å². The number of carboxylic acid groups (broad SMARTS) is 1. The molecule has 0 saturated carbocycles. The molecular weight excluding hydrogens is 310 g/mol. The van der Waals surface area contributed by atoms with E-state index in [1.807, 2.05) is 0 Å². The number of aromatic nitrogens is 1. The van der Waals surface area contributed by atoms with Crippen LogP contribution in [0.25, 0.3) is 0 Å². The molecule has 9 heteroatoms. The highest BCUT2D eigenvalue weighted by Crippen LogP contribution is 2.28. The summed E-state index contributed by atoms with van der Waals surface area (Å²) in [6.07, 6.45) is 0.343. The van der Waals surface area contributed by atoms with Crippen LogP contribution in [0.1, 0.15) is 32.4 Å². The second-order valence-electron chi connectivity index (χ2n) is 5.03. The van der Waals surface area contributed by atoms with E-state index in [1.165, 1.54) is 18.4 Å². The van der Waals surface area contributed by atoms with Gasteiger partial charge in [0.25, 0.3) is 0 Å². The van der Waals surface area contributed by atoms with Gasteiger partial charge >= 0.3 is 18.0 Å². The summed E-state index contributed by atoms with van der Waals surface area (Å²) >= 11 is 1.19. The maximum Gasteiger partial charge on any atom is 0.321 e. The lowest BCUT2D eigenvalue weighted by atomic mass is 9.90. The van der Waals surface area contributed by atoms with Gasteiger partial charge in [-0.25, -0.2) is 9.78 Å². The number of nitrogens with one attached hydrogen (secondary N) is 2. The first kappa shape index (κ1) is 17.9. The summed E-state index contributed by atoms with van der Waals surface area (Å²) in [6, 6.07) is -0.470. The third-order valence-corrected chi connectivity index (χ3v) is 3.67. The Bertz CT molecular complexity index is 556. The number of nitrogens with zero attached hydrogens (tertiary/aromatic N) is 1. The van der Waals surface area contributed by atoms with Crippen molar-refractivity contribution < 1.29 is 24.2 Å². The molecule has 0 aliphatic rings. The van der Waals surface area contributed by atoms with Crippen LogP contribution in [-0.2, 0) is 19.7 Å². The van der Waals surface area contributed by atoms with Crippen molar-refractivity contribution >= 4 is 34.4 Å². The van der Waals surface area contributed by atoms with Crippen molar-refractivity contribution in [2.24, 2.45) is 0 Å². The smallest absolute Gasteiger partial charge is 0.321 e. The van der Waals surface area contributed by atoms with E-state index < -0.39 is 23.4 Å². The standard InChI is InChI=1S/C13H19N3O5S/c1-13(2,10(19)21-3)8-7-22-12(15-8)16-11(20)14-6-4-5-9(17)18/h7H,4-6H2,1-3H3,(H,17,18)(H2,14,15,16,20). The molecule has 0 aromatic carbocycles. The number of carbonyl (C=O) groups is 3. The number of amides is 2. The fourth-order valence-electron chi connectivity index (χ4n) is 1.56. The normalized spacial score (nSPS) is 10.9. The Hall–Kier alpha value is -2.16. The van der Waals surface area contributed by atoms with Crippen molar-refractivity contribution in [2.75, 3.05) is 19.0 Å². The first-order valence-corrected chi connectivity index (χ1v) is 7.46. The lowest BCUT2D eigenvalue weighted by Gasteiger charge is -2.18. The first-order valence-electron chi connectivity index (χ1n) is 6.58. The Morgan fingerprint density at radius 2 is 2.09 bits per heavy atom. The Morgan fingerprint density at radius 3 is 2.68 bits per heavy atom. The fourth-order valence-corrected chi connectivity index (χ4v) is 2.43. The van der Waals surface area contributed by atoms with E-state index in [0.717, 1.165) is 0 Å². The second kappa shape index (κ2) is 7.74. The van der Waals surface area contributed by atoms with E-state index in [4.69, 9.17) is 9.84 Å². The van der Waals surface area contributed by atoms with Crippen LogP contribution < -0.4 is 10.6 Å². The van der Waals surface area contributed by atoms with Crippen LogP contribution in [-0.4, -0.2) is 41.7 Å². The highest BCUT2D eigenvalue weighted by Gasteiger charge is 2.33. The SMILES string of the molecule is COC(=O)C(C)(C)c1csc(NC(=O)NCCCC(=O)O)n1. The van der Waals surface area contributed by atoms with Crippen LogP contribution in [0, 0.1) is 0 Å². The van der Waals surface area contributed by atoms with Crippen LogP contribution in [0.2, 0.25) is 0 Å². The van der Waals surface area contributed by atoms with E-state index in [-0.39, 0.29) is 13.0 Å². The van der Waals surface area contributed by atoms with E-state index >= 15 is 0 Å². The van der Waals surface area contributed by atoms with Gasteiger partial charge in [-0.3, -0.25) is 14.9 Å². The number of carbonyl (C=O) groups excluding carboxylic acids is 2. The minimum Gasteiger partial charge on any atom is -0.481 e. The number of esters is 1. The maximum atomic E-state index is 11.7. The summed E-state index contributed by atoms with van der Waals surface area (Å²) in [6.45, 7) is 3.62. The molecule has 0 saturated heterocycles. The second-order valence-corrected chi connectivity index (χ2v) is 5.89. The van der Waals surface area contributed by atoms with Crippen LogP contribution in [0.3, 0.4) is 0 Å². The van der Waals surface area contributed by atoms with Crippen LogP contribution in [0.5, 0.6) is 0 Å². The largest absolute Gasteiger partial charge is 0.481 e. The summed E-state index contributed by atoms with van der Waals surface area (Å²) in [7, 11) is 1.31. The number of aliphatic carboxylic acids is 1. The van der Waals surface area contributed by atoms with Gasteiger partial charge in [-0.05, 0) is 20.3 Å². The molecule has 0 fully saturated rings. The zero-order chi connectivity index (χ0) is 16.8. The topological polar surface area (TPSA) is 118 Å². The molecule has 122 valence electrons. The van der Waals surface area contributed by atoms with Crippen LogP contribution in [0.15, 0.2) is 5.38 Å². The minimum absolute atomic E-state index is 0.00496. The maximum absolute atomic E-state index is 11.7. The molecule has 8 nitrogen and oxygen atoms in total. The number of methoxy groups -OCH3 is 1. The highest BCUT2D eigenvalue weighted by atomic mass is 32.1. The minimum atomic E-state index is -0.906.